The van der Waals surface area contributed by atoms with Crippen LogP contribution < -0.4 is 9.64 Å². The molecule has 188 valence electrons. The zero-order valence-electron chi connectivity index (χ0n) is 22.0. The number of anilines is 1. The summed E-state index contributed by atoms with van der Waals surface area (Å²) in [6.07, 6.45) is 5.98. The van der Waals surface area contributed by atoms with Crippen molar-refractivity contribution in [2.45, 2.75) is 26.2 Å². The Balaban J connectivity index is 1.49. The average molecular weight is 500 g/mol. The van der Waals surface area contributed by atoms with Gasteiger partial charge < -0.3 is 14.5 Å². The summed E-state index contributed by atoms with van der Waals surface area (Å²) in [4.78, 5) is 9.05. The Morgan fingerprint density at radius 3 is 2.47 bits per heavy atom. The molecule has 0 bridgehead atoms. The number of ether oxygens (including phenoxy) is 1. The van der Waals surface area contributed by atoms with Crippen molar-refractivity contribution in [3.8, 4) is 23.4 Å². The number of pyridine rings is 1. The van der Waals surface area contributed by atoms with Crippen molar-refractivity contribution in [3.05, 3.63) is 103 Å². The van der Waals surface area contributed by atoms with Gasteiger partial charge in [0.1, 0.15) is 17.3 Å². The van der Waals surface area contributed by atoms with E-state index in [0.717, 1.165) is 51.5 Å². The largest absolute Gasteiger partial charge is 0.457 e. The number of benzene rings is 3. The van der Waals surface area contributed by atoms with E-state index in [-0.39, 0.29) is 5.41 Å². The maximum atomic E-state index is 9.90. The molecule has 0 saturated carbocycles. The van der Waals surface area contributed by atoms with Gasteiger partial charge in [0.2, 0.25) is 0 Å². The maximum Gasteiger partial charge on any atom is 0.137 e. The summed E-state index contributed by atoms with van der Waals surface area (Å²) < 4.78 is 8.51. The lowest BCUT2D eigenvalue weighted by Crippen LogP contribution is -2.21. The summed E-state index contributed by atoms with van der Waals surface area (Å²) in [6.45, 7) is 7.39. The van der Waals surface area contributed by atoms with Gasteiger partial charge in [0.25, 0.3) is 0 Å². The number of hydrogen-bond donors (Lipinski definition) is 0. The van der Waals surface area contributed by atoms with Crippen LogP contribution in [0.2, 0.25) is 0 Å². The van der Waals surface area contributed by atoms with Gasteiger partial charge in [-0.1, -0.05) is 32.9 Å². The van der Waals surface area contributed by atoms with E-state index >= 15 is 0 Å². The fraction of sp³-hybridized carbons (Fsp3) is 0.188. The molecule has 6 rings (SSSR count). The quantitative estimate of drug-likeness (QED) is 0.259. The Morgan fingerprint density at radius 2 is 1.71 bits per heavy atom. The number of hydrogen-bond acceptors (Lipinski definition) is 5. The first kappa shape index (κ1) is 23.6. The van der Waals surface area contributed by atoms with Crippen molar-refractivity contribution in [3.63, 3.8) is 0 Å². The van der Waals surface area contributed by atoms with Gasteiger partial charge in [-0.2, -0.15) is 5.26 Å². The first-order valence-electron chi connectivity index (χ1n) is 12.7. The molecule has 6 nitrogen and oxygen atoms in total. The smallest absolute Gasteiger partial charge is 0.137 e. The van der Waals surface area contributed by atoms with Crippen LogP contribution in [-0.2, 0) is 5.41 Å². The zero-order valence-corrected chi connectivity index (χ0v) is 22.0. The maximum absolute atomic E-state index is 9.90. The molecule has 2 aromatic heterocycles. The summed E-state index contributed by atoms with van der Waals surface area (Å²) in [7, 11) is 2.05. The molecular formula is C32H29N5O. The standard InChI is InChI=1S/C32H29N5O/c1-32(2,3)23-13-14-34-30(17-23)37-28-10-5-7-22(20-33)31(28)27-12-11-26(19-29(27)37)38-25-9-6-8-24(18-25)36-16-15-35(4)21-36/h5-19H,21H2,1-4H3. The van der Waals surface area contributed by atoms with Gasteiger partial charge in [-0.15, -0.1) is 0 Å². The van der Waals surface area contributed by atoms with E-state index in [4.69, 9.17) is 9.72 Å². The van der Waals surface area contributed by atoms with Gasteiger partial charge in [0.05, 0.1) is 29.3 Å². The van der Waals surface area contributed by atoms with Crippen LogP contribution in [0.25, 0.3) is 27.6 Å². The van der Waals surface area contributed by atoms with E-state index in [1.807, 2.05) is 60.8 Å². The summed E-state index contributed by atoms with van der Waals surface area (Å²) in [6, 6.07) is 26.6. The molecule has 38 heavy (non-hydrogen) atoms. The van der Waals surface area contributed by atoms with Crippen LogP contribution in [0.4, 0.5) is 5.69 Å². The predicted molar refractivity (Wildman–Crippen MR) is 153 cm³/mol. The van der Waals surface area contributed by atoms with Crippen molar-refractivity contribution in [2.75, 3.05) is 18.6 Å². The Kier molecular flexibility index (Phi) is 5.57. The van der Waals surface area contributed by atoms with Crippen LogP contribution in [0.3, 0.4) is 0 Å². The number of rotatable bonds is 4. The number of nitrogens with zero attached hydrogens (tertiary/aromatic N) is 5. The van der Waals surface area contributed by atoms with E-state index in [0.29, 0.717) is 5.56 Å². The van der Waals surface area contributed by atoms with E-state index < -0.39 is 0 Å². The lowest BCUT2D eigenvalue weighted by Gasteiger charge is -2.20. The Labute approximate surface area is 222 Å². The molecule has 0 spiro atoms. The van der Waals surface area contributed by atoms with Crippen molar-refractivity contribution < 1.29 is 4.74 Å². The van der Waals surface area contributed by atoms with Gasteiger partial charge in [-0.05, 0) is 59.5 Å². The molecule has 3 aromatic carbocycles. The second-order valence-corrected chi connectivity index (χ2v) is 10.7. The molecule has 0 N–H and O–H groups in total. The van der Waals surface area contributed by atoms with Gasteiger partial charge in [-0.3, -0.25) is 4.57 Å². The SMILES string of the molecule is CN1C=CN(c2cccc(Oc3ccc4c5c(C#N)cccc5n(-c5cc(C(C)(C)C)ccn5)c4c3)c2)C1. The lowest BCUT2D eigenvalue weighted by atomic mass is 9.88. The van der Waals surface area contributed by atoms with Crippen LogP contribution in [0, 0.1) is 11.3 Å². The minimum absolute atomic E-state index is 0.0209. The highest BCUT2D eigenvalue weighted by atomic mass is 16.5. The van der Waals surface area contributed by atoms with E-state index in [9.17, 15) is 5.26 Å². The molecular weight excluding hydrogens is 470 g/mol. The van der Waals surface area contributed by atoms with Crippen molar-refractivity contribution in [1.29, 1.82) is 5.26 Å². The van der Waals surface area contributed by atoms with Gasteiger partial charge >= 0.3 is 0 Å². The predicted octanol–water partition coefficient (Wildman–Crippen LogP) is 7.32. The van der Waals surface area contributed by atoms with Crippen molar-refractivity contribution in [2.24, 2.45) is 0 Å². The molecule has 0 amide bonds. The summed E-state index contributed by atoms with van der Waals surface area (Å²) in [5.74, 6) is 2.30. The second kappa shape index (κ2) is 8.97. The van der Waals surface area contributed by atoms with Crippen molar-refractivity contribution >= 4 is 27.5 Å². The molecule has 1 aliphatic heterocycles. The fourth-order valence-corrected chi connectivity index (χ4v) is 5.02. The molecule has 0 unspecified atom stereocenters. The fourth-order valence-electron chi connectivity index (χ4n) is 5.02. The van der Waals surface area contributed by atoms with Gasteiger partial charge in [-0.25, -0.2) is 4.98 Å². The van der Waals surface area contributed by atoms with E-state index in [1.54, 1.807) is 0 Å². The minimum Gasteiger partial charge on any atom is -0.457 e. The molecule has 3 heterocycles. The Morgan fingerprint density at radius 1 is 0.895 bits per heavy atom. The molecule has 5 aromatic rings. The Bertz CT molecular complexity index is 1750. The minimum atomic E-state index is -0.0209. The number of fused-ring (bicyclic) bond motifs is 3. The highest BCUT2D eigenvalue weighted by Gasteiger charge is 2.20. The summed E-state index contributed by atoms with van der Waals surface area (Å²) >= 11 is 0. The van der Waals surface area contributed by atoms with Crippen molar-refractivity contribution in [1.82, 2.24) is 14.5 Å². The number of aromatic nitrogens is 2. The molecule has 0 fully saturated rings. The molecule has 6 heteroatoms. The highest BCUT2D eigenvalue weighted by molar-refractivity contribution is 6.12. The first-order valence-corrected chi connectivity index (χ1v) is 12.7. The summed E-state index contributed by atoms with van der Waals surface area (Å²) in [5, 5.41) is 11.8. The molecule has 0 atom stereocenters. The molecule has 1 aliphatic rings. The Hall–Kier alpha value is -4.76. The van der Waals surface area contributed by atoms with E-state index in [1.165, 1.54) is 5.56 Å². The molecule has 0 radical (unpaired) electrons. The topological polar surface area (TPSA) is 57.3 Å². The van der Waals surface area contributed by atoms with Crippen LogP contribution >= 0.6 is 0 Å². The third-order valence-electron chi connectivity index (χ3n) is 6.99. The van der Waals surface area contributed by atoms with Gasteiger partial charge in [0.15, 0.2) is 0 Å². The van der Waals surface area contributed by atoms with Crippen LogP contribution in [-0.4, -0.2) is 28.2 Å². The molecule has 0 saturated heterocycles. The highest BCUT2D eigenvalue weighted by Crippen LogP contribution is 2.37. The lowest BCUT2D eigenvalue weighted by molar-refractivity contribution is 0.481. The third-order valence-corrected chi connectivity index (χ3v) is 6.99. The third kappa shape index (κ3) is 4.12. The monoisotopic (exact) mass is 499 g/mol. The van der Waals surface area contributed by atoms with Crippen LogP contribution in [0.5, 0.6) is 11.5 Å². The normalized spacial score (nSPS) is 13.4. The zero-order chi connectivity index (χ0) is 26.4. The number of nitriles is 1. The van der Waals surface area contributed by atoms with Crippen LogP contribution in [0.15, 0.2) is 91.4 Å². The molecule has 0 aliphatic carbocycles. The summed E-state index contributed by atoms with van der Waals surface area (Å²) in [5.41, 5.74) is 4.77. The second-order valence-electron chi connectivity index (χ2n) is 10.7. The van der Waals surface area contributed by atoms with E-state index in [2.05, 4.69) is 78.9 Å². The average Bonchev–Trinajstić information content (AvgIpc) is 3.49. The first-order chi connectivity index (χ1) is 18.3. The van der Waals surface area contributed by atoms with Crippen LogP contribution in [0.1, 0.15) is 31.9 Å². The van der Waals surface area contributed by atoms with Gasteiger partial charge in [0, 0.05) is 54.2 Å².